The molecule has 0 amide bonds. The summed E-state index contributed by atoms with van der Waals surface area (Å²) in [5, 5.41) is 0.356. The van der Waals surface area contributed by atoms with Crippen LogP contribution in [0.5, 0.6) is 28.7 Å². The van der Waals surface area contributed by atoms with E-state index in [1.807, 2.05) is 0 Å². The van der Waals surface area contributed by atoms with Gasteiger partial charge in [0.15, 0.2) is 11.5 Å². The van der Waals surface area contributed by atoms with Crippen molar-refractivity contribution < 1.29 is 18.9 Å². The minimum absolute atomic E-state index is 0.356. The van der Waals surface area contributed by atoms with Crippen LogP contribution in [0.1, 0.15) is 0 Å². The summed E-state index contributed by atoms with van der Waals surface area (Å²) in [6.07, 6.45) is 1.57. The van der Waals surface area contributed by atoms with Gasteiger partial charge in [-0.1, -0.05) is 11.6 Å². The SMILES string of the molecule is COc1cc(Oc2ccnc(Cl)c2)cc(OC)c1OC. The van der Waals surface area contributed by atoms with E-state index in [1.54, 1.807) is 51.8 Å². The number of benzene rings is 1. The summed E-state index contributed by atoms with van der Waals surface area (Å²) in [4.78, 5) is 3.89. The minimum atomic E-state index is 0.356. The lowest BCUT2D eigenvalue weighted by Gasteiger charge is -2.14. The smallest absolute Gasteiger partial charge is 0.203 e. The molecule has 0 saturated carbocycles. The molecule has 0 aliphatic carbocycles. The molecule has 1 aromatic heterocycles. The Morgan fingerprint density at radius 3 is 2.05 bits per heavy atom. The zero-order valence-electron chi connectivity index (χ0n) is 11.3. The molecule has 0 atom stereocenters. The number of ether oxygens (including phenoxy) is 4. The van der Waals surface area contributed by atoms with Crippen LogP contribution < -0.4 is 18.9 Å². The summed E-state index contributed by atoms with van der Waals surface area (Å²) in [7, 11) is 4.64. The monoisotopic (exact) mass is 295 g/mol. The average Bonchev–Trinajstić information content (AvgIpc) is 2.46. The van der Waals surface area contributed by atoms with Crippen molar-refractivity contribution in [3.8, 4) is 28.7 Å². The normalized spacial score (nSPS) is 10.0. The molecule has 0 unspecified atom stereocenters. The number of hydrogen-bond donors (Lipinski definition) is 0. The van der Waals surface area contributed by atoms with Crippen LogP contribution in [0.25, 0.3) is 0 Å². The van der Waals surface area contributed by atoms with Crippen molar-refractivity contribution in [3.63, 3.8) is 0 Å². The van der Waals surface area contributed by atoms with E-state index in [-0.39, 0.29) is 0 Å². The molecule has 1 aromatic carbocycles. The minimum Gasteiger partial charge on any atom is -0.493 e. The van der Waals surface area contributed by atoms with Gasteiger partial charge in [-0.05, 0) is 6.07 Å². The van der Waals surface area contributed by atoms with Crippen LogP contribution in [0, 0.1) is 0 Å². The zero-order valence-corrected chi connectivity index (χ0v) is 12.1. The zero-order chi connectivity index (χ0) is 14.5. The van der Waals surface area contributed by atoms with Gasteiger partial charge in [0.2, 0.25) is 5.75 Å². The summed E-state index contributed by atoms with van der Waals surface area (Å²) < 4.78 is 21.5. The maximum absolute atomic E-state index is 5.82. The number of pyridine rings is 1. The second kappa shape index (κ2) is 6.34. The van der Waals surface area contributed by atoms with E-state index in [9.17, 15) is 0 Å². The molecule has 0 aliphatic rings. The van der Waals surface area contributed by atoms with E-state index >= 15 is 0 Å². The highest BCUT2D eigenvalue weighted by Crippen LogP contribution is 2.41. The summed E-state index contributed by atoms with van der Waals surface area (Å²) in [5.74, 6) is 2.65. The van der Waals surface area contributed by atoms with Gasteiger partial charge in [0.1, 0.15) is 16.7 Å². The lowest BCUT2D eigenvalue weighted by Crippen LogP contribution is -1.96. The third-order valence-corrected chi connectivity index (χ3v) is 2.78. The van der Waals surface area contributed by atoms with Gasteiger partial charge in [-0.15, -0.1) is 0 Å². The molecule has 0 N–H and O–H groups in total. The van der Waals surface area contributed by atoms with Gasteiger partial charge in [-0.3, -0.25) is 0 Å². The molecule has 20 heavy (non-hydrogen) atoms. The number of methoxy groups -OCH3 is 3. The van der Waals surface area contributed by atoms with Crippen molar-refractivity contribution in [2.75, 3.05) is 21.3 Å². The van der Waals surface area contributed by atoms with E-state index in [4.69, 9.17) is 30.5 Å². The second-order valence-corrected chi connectivity index (χ2v) is 4.16. The number of nitrogens with zero attached hydrogens (tertiary/aromatic N) is 1. The van der Waals surface area contributed by atoms with Gasteiger partial charge in [-0.2, -0.15) is 0 Å². The van der Waals surface area contributed by atoms with Crippen LogP contribution in [0.15, 0.2) is 30.5 Å². The predicted molar refractivity (Wildman–Crippen MR) is 75.4 cm³/mol. The summed E-state index contributed by atoms with van der Waals surface area (Å²) in [6.45, 7) is 0. The van der Waals surface area contributed by atoms with Crippen LogP contribution >= 0.6 is 11.6 Å². The lowest BCUT2D eigenvalue weighted by molar-refractivity contribution is 0.321. The molecule has 2 aromatic rings. The highest BCUT2D eigenvalue weighted by Gasteiger charge is 2.14. The molecule has 2 rings (SSSR count). The average molecular weight is 296 g/mol. The number of halogens is 1. The molecule has 0 fully saturated rings. The van der Waals surface area contributed by atoms with Crippen LogP contribution in [0.3, 0.4) is 0 Å². The number of hydrogen-bond acceptors (Lipinski definition) is 5. The molecular weight excluding hydrogens is 282 g/mol. The van der Waals surface area contributed by atoms with Crippen molar-refractivity contribution in [1.82, 2.24) is 4.98 Å². The first kappa shape index (κ1) is 14.3. The lowest BCUT2D eigenvalue weighted by atomic mass is 10.2. The first-order chi connectivity index (χ1) is 9.67. The highest BCUT2D eigenvalue weighted by molar-refractivity contribution is 6.29. The topological polar surface area (TPSA) is 49.8 Å². The molecule has 0 bridgehead atoms. The maximum Gasteiger partial charge on any atom is 0.203 e. The number of aromatic nitrogens is 1. The van der Waals surface area contributed by atoms with E-state index in [1.165, 1.54) is 0 Å². The van der Waals surface area contributed by atoms with Crippen molar-refractivity contribution in [1.29, 1.82) is 0 Å². The Morgan fingerprint density at radius 1 is 0.900 bits per heavy atom. The van der Waals surface area contributed by atoms with Crippen molar-refractivity contribution in [2.45, 2.75) is 0 Å². The van der Waals surface area contributed by atoms with Crippen LogP contribution in [-0.4, -0.2) is 26.3 Å². The highest BCUT2D eigenvalue weighted by atomic mass is 35.5. The van der Waals surface area contributed by atoms with Crippen molar-refractivity contribution >= 4 is 11.6 Å². The third-order valence-electron chi connectivity index (χ3n) is 2.57. The fraction of sp³-hybridized carbons (Fsp3) is 0.214. The van der Waals surface area contributed by atoms with E-state index in [0.717, 1.165) is 0 Å². The fourth-order valence-corrected chi connectivity index (χ4v) is 1.86. The summed E-state index contributed by atoms with van der Waals surface area (Å²) in [6, 6.07) is 6.73. The molecule has 5 nitrogen and oxygen atoms in total. The molecular formula is C14H14ClNO4. The van der Waals surface area contributed by atoms with Crippen LogP contribution in [0.2, 0.25) is 5.15 Å². The molecule has 0 spiro atoms. The standard InChI is InChI=1S/C14H14ClNO4/c1-17-11-6-10(7-12(18-2)14(11)19-3)20-9-4-5-16-13(15)8-9/h4-8H,1-3H3. The second-order valence-electron chi connectivity index (χ2n) is 3.78. The first-order valence-electron chi connectivity index (χ1n) is 5.77. The Kier molecular flexibility index (Phi) is 4.53. The van der Waals surface area contributed by atoms with Gasteiger partial charge in [0.25, 0.3) is 0 Å². The Bertz CT molecular complexity index is 578. The molecule has 6 heteroatoms. The molecule has 0 saturated heterocycles. The Balaban J connectivity index is 2.37. The van der Waals surface area contributed by atoms with Gasteiger partial charge in [-0.25, -0.2) is 4.98 Å². The van der Waals surface area contributed by atoms with E-state index in [2.05, 4.69) is 4.98 Å². The number of rotatable bonds is 5. The Hall–Kier alpha value is -2.14. The fourth-order valence-electron chi connectivity index (χ4n) is 1.70. The van der Waals surface area contributed by atoms with Gasteiger partial charge < -0.3 is 18.9 Å². The maximum atomic E-state index is 5.82. The van der Waals surface area contributed by atoms with E-state index < -0.39 is 0 Å². The molecule has 0 radical (unpaired) electrons. The van der Waals surface area contributed by atoms with Gasteiger partial charge >= 0.3 is 0 Å². The van der Waals surface area contributed by atoms with E-state index in [0.29, 0.717) is 33.9 Å². The van der Waals surface area contributed by atoms with Crippen molar-refractivity contribution in [3.05, 3.63) is 35.6 Å². The molecule has 1 heterocycles. The Morgan fingerprint density at radius 2 is 1.55 bits per heavy atom. The molecule has 106 valence electrons. The third kappa shape index (κ3) is 3.05. The Labute approximate surface area is 122 Å². The van der Waals surface area contributed by atoms with Crippen LogP contribution in [0.4, 0.5) is 0 Å². The van der Waals surface area contributed by atoms with Crippen molar-refractivity contribution in [2.24, 2.45) is 0 Å². The molecule has 0 aliphatic heterocycles. The summed E-state index contributed by atoms with van der Waals surface area (Å²) >= 11 is 5.82. The predicted octanol–water partition coefficient (Wildman–Crippen LogP) is 3.55. The first-order valence-corrected chi connectivity index (χ1v) is 6.15. The quantitative estimate of drug-likeness (QED) is 0.790. The van der Waals surface area contributed by atoms with Gasteiger partial charge in [0, 0.05) is 24.4 Å². The summed E-state index contributed by atoms with van der Waals surface area (Å²) in [5.41, 5.74) is 0. The largest absolute Gasteiger partial charge is 0.493 e. The van der Waals surface area contributed by atoms with Crippen LogP contribution in [-0.2, 0) is 0 Å². The van der Waals surface area contributed by atoms with Gasteiger partial charge in [0.05, 0.1) is 21.3 Å².